The molecule has 0 aliphatic carbocycles. The first kappa shape index (κ1) is 28.5. The number of alkyl carbamates (subject to hydrolysis) is 2. The van der Waals surface area contributed by atoms with Crippen molar-refractivity contribution in [2.45, 2.75) is 84.0 Å². The molecule has 9 heteroatoms. The van der Waals surface area contributed by atoms with Gasteiger partial charge in [0.25, 0.3) is 0 Å². The van der Waals surface area contributed by atoms with E-state index in [1.807, 2.05) is 30.3 Å². The number of rotatable bonds is 12. The van der Waals surface area contributed by atoms with Gasteiger partial charge in [-0.15, -0.1) is 0 Å². The quantitative estimate of drug-likeness (QED) is 0.192. The van der Waals surface area contributed by atoms with Crippen LogP contribution in [0.3, 0.4) is 0 Å². The predicted molar refractivity (Wildman–Crippen MR) is 131 cm³/mol. The molecule has 1 aromatic rings. The van der Waals surface area contributed by atoms with Crippen LogP contribution in [0.4, 0.5) is 9.59 Å². The van der Waals surface area contributed by atoms with Crippen LogP contribution in [0.5, 0.6) is 0 Å². The molecule has 1 aromatic carbocycles. The van der Waals surface area contributed by atoms with Crippen molar-refractivity contribution in [2.24, 2.45) is 0 Å². The Bertz CT molecular complexity index is 744. The van der Waals surface area contributed by atoms with Crippen LogP contribution in [0.2, 0.25) is 25.7 Å². The number of nitrogens with one attached hydrogen (secondary N) is 2. The highest BCUT2D eigenvalue weighted by molar-refractivity contribution is 6.76. The van der Waals surface area contributed by atoms with E-state index in [0.29, 0.717) is 32.4 Å². The summed E-state index contributed by atoms with van der Waals surface area (Å²) in [5, 5.41) is 5.32. The molecule has 0 bridgehead atoms. The average molecular weight is 481 g/mol. The maximum absolute atomic E-state index is 12.6. The van der Waals surface area contributed by atoms with Gasteiger partial charge in [-0.05, 0) is 51.6 Å². The van der Waals surface area contributed by atoms with Crippen molar-refractivity contribution in [1.29, 1.82) is 0 Å². The van der Waals surface area contributed by atoms with Crippen molar-refractivity contribution < 1.29 is 28.6 Å². The van der Waals surface area contributed by atoms with Gasteiger partial charge in [-0.1, -0.05) is 50.0 Å². The predicted octanol–water partition coefficient (Wildman–Crippen LogP) is 4.86. The van der Waals surface area contributed by atoms with Gasteiger partial charge in [-0.2, -0.15) is 0 Å². The zero-order valence-electron chi connectivity index (χ0n) is 20.9. The Morgan fingerprint density at radius 3 is 2.24 bits per heavy atom. The fraction of sp³-hybridized carbons (Fsp3) is 0.625. The molecule has 0 heterocycles. The normalized spacial score (nSPS) is 12.4. The van der Waals surface area contributed by atoms with Gasteiger partial charge in [0.05, 0.1) is 6.61 Å². The third-order valence-electron chi connectivity index (χ3n) is 4.47. The van der Waals surface area contributed by atoms with Crippen molar-refractivity contribution in [1.82, 2.24) is 10.6 Å². The summed E-state index contributed by atoms with van der Waals surface area (Å²) < 4.78 is 15.9. The van der Waals surface area contributed by atoms with Crippen LogP contribution in [0.15, 0.2) is 30.3 Å². The lowest BCUT2D eigenvalue weighted by atomic mass is 10.1. The number of benzene rings is 1. The zero-order valence-corrected chi connectivity index (χ0v) is 21.9. The topological polar surface area (TPSA) is 103 Å². The number of carbonyl (C=O) groups is 3. The first-order chi connectivity index (χ1) is 15.4. The van der Waals surface area contributed by atoms with E-state index >= 15 is 0 Å². The Labute approximate surface area is 198 Å². The lowest BCUT2D eigenvalue weighted by Gasteiger charge is -2.23. The van der Waals surface area contributed by atoms with Crippen molar-refractivity contribution in [3.8, 4) is 0 Å². The molecule has 0 aromatic heterocycles. The maximum Gasteiger partial charge on any atom is 0.408 e. The highest BCUT2D eigenvalue weighted by atomic mass is 28.3. The smallest absolute Gasteiger partial charge is 0.408 e. The third kappa shape index (κ3) is 15.0. The van der Waals surface area contributed by atoms with E-state index < -0.39 is 37.9 Å². The number of hydrogen-bond acceptors (Lipinski definition) is 6. The Morgan fingerprint density at radius 2 is 1.64 bits per heavy atom. The van der Waals surface area contributed by atoms with Crippen LogP contribution in [0, 0.1) is 0 Å². The molecule has 0 saturated carbocycles. The fourth-order valence-electron chi connectivity index (χ4n) is 2.70. The summed E-state index contributed by atoms with van der Waals surface area (Å²) in [5.74, 6) is -0.464. The van der Waals surface area contributed by atoms with E-state index in [-0.39, 0.29) is 6.61 Å². The SMILES string of the molecule is CC(C)(C)OC(=O)N[C@@H](CCCCNC(=O)OCc1ccccc1)C(=O)OCC[Si](C)(C)C. The number of ether oxygens (including phenoxy) is 3. The van der Waals surface area contributed by atoms with Crippen LogP contribution in [-0.2, 0) is 25.6 Å². The Balaban J connectivity index is 2.42. The first-order valence-electron chi connectivity index (χ1n) is 11.5. The van der Waals surface area contributed by atoms with Crippen LogP contribution in [-0.4, -0.2) is 51.0 Å². The molecule has 186 valence electrons. The number of carbonyl (C=O) groups excluding carboxylic acids is 3. The minimum atomic E-state index is -1.34. The van der Waals surface area contributed by atoms with Gasteiger partial charge in [-0.25, -0.2) is 14.4 Å². The minimum absolute atomic E-state index is 0.206. The van der Waals surface area contributed by atoms with Gasteiger partial charge < -0.3 is 24.8 Å². The number of hydrogen-bond donors (Lipinski definition) is 2. The summed E-state index contributed by atoms with van der Waals surface area (Å²) >= 11 is 0. The molecular weight excluding hydrogens is 440 g/mol. The maximum atomic E-state index is 12.6. The average Bonchev–Trinajstić information content (AvgIpc) is 2.69. The standard InChI is InChI=1S/C24H40N2O6Si/c1-24(2,3)32-23(29)26-20(21(27)30-16-17-33(4,5)6)14-10-11-15-25-22(28)31-18-19-12-8-7-9-13-19/h7-9,12-13,20H,10-11,14-18H2,1-6H3,(H,25,28)(H,26,29)/t20-/m0/s1. The first-order valence-corrected chi connectivity index (χ1v) is 15.2. The number of esters is 1. The van der Waals surface area contributed by atoms with E-state index in [0.717, 1.165) is 11.6 Å². The highest BCUT2D eigenvalue weighted by Crippen LogP contribution is 2.11. The molecule has 0 unspecified atom stereocenters. The second-order valence-electron chi connectivity index (χ2n) is 10.2. The molecule has 0 aliphatic heterocycles. The molecule has 0 fully saturated rings. The Hall–Kier alpha value is -2.55. The molecule has 33 heavy (non-hydrogen) atoms. The summed E-state index contributed by atoms with van der Waals surface area (Å²) in [5.41, 5.74) is 0.247. The van der Waals surface area contributed by atoms with Gasteiger partial charge in [-0.3, -0.25) is 0 Å². The van der Waals surface area contributed by atoms with Crippen molar-refractivity contribution >= 4 is 26.2 Å². The van der Waals surface area contributed by atoms with Crippen molar-refractivity contribution in [3.63, 3.8) is 0 Å². The highest BCUT2D eigenvalue weighted by Gasteiger charge is 2.26. The van der Waals surface area contributed by atoms with E-state index in [9.17, 15) is 14.4 Å². The molecule has 0 aliphatic rings. The van der Waals surface area contributed by atoms with Crippen LogP contribution in [0.25, 0.3) is 0 Å². The van der Waals surface area contributed by atoms with Crippen molar-refractivity contribution in [2.75, 3.05) is 13.2 Å². The summed E-state index contributed by atoms with van der Waals surface area (Å²) in [6, 6.07) is 9.49. The van der Waals surface area contributed by atoms with E-state index in [2.05, 4.69) is 30.3 Å². The Morgan fingerprint density at radius 1 is 0.970 bits per heavy atom. The summed E-state index contributed by atoms with van der Waals surface area (Å²) in [7, 11) is -1.34. The number of unbranched alkanes of at least 4 members (excludes halogenated alkanes) is 1. The van der Waals surface area contributed by atoms with E-state index in [1.165, 1.54) is 0 Å². The molecular formula is C24H40N2O6Si. The summed E-state index contributed by atoms with van der Waals surface area (Å²) in [4.78, 5) is 36.5. The zero-order chi connectivity index (χ0) is 24.9. The largest absolute Gasteiger partial charge is 0.464 e. The lowest BCUT2D eigenvalue weighted by Crippen LogP contribution is -2.44. The molecule has 1 atom stereocenters. The summed E-state index contributed by atoms with van der Waals surface area (Å²) in [6.07, 6.45) is 0.453. The van der Waals surface area contributed by atoms with Crippen LogP contribution in [0.1, 0.15) is 45.6 Å². The third-order valence-corrected chi connectivity index (χ3v) is 6.18. The van der Waals surface area contributed by atoms with Gasteiger partial charge in [0.15, 0.2) is 0 Å². The molecule has 0 spiro atoms. The van der Waals surface area contributed by atoms with Gasteiger partial charge >= 0.3 is 18.2 Å². The van der Waals surface area contributed by atoms with Gasteiger partial charge in [0.1, 0.15) is 18.2 Å². The molecule has 8 nitrogen and oxygen atoms in total. The van der Waals surface area contributed by atoms with Crippen LogP contribution < -0.4 is 10.6 Å². The molecule has 2 amide bonds. The van der Waals surface area contributed by atoms with Gasteiger partial charge in [0.2, 0.25) is 0 Å². The van der Waals surface area contributed by atoms with Crippen LogP contribution >= 0.6 is 0 Å². The van der Waals surface area contributed by atoms with Crippen molar-refractivity contribution in [3.05, 3.63) is 35.9 Å². The Kier molecular flexibility index (Phi) is 12.0. The lowest BCUT2D eigenvalue weighted by molar-refractivity contribution is -0.145. The summed E-state index contributed by atoms with van der Waals surface area (Å²) in [6.45, 7) is 12.8. The molecule has 1 rings (SSSR count). The number of amides is 2. The minimum Gasteiger partial charge on any atom is -0.464 e. The molecule has 2 N–H and O–H groups in total. The monoisotopic (exact) mass is 480 g/mol. The van der Waals surface area contributed by atoms with Gasteiger partial charge in [0, 0.05) is 14.6 Å². The second-order valence-corrected chi connectivity index (χ2v) is 15.8. The van der Waals surface area contributed by atoms with E-state index in [4.69, 9.17) is 14.2 Å². The second kappa shape index (κ2) is 13.9. The van der Waals surface area contributed by atoms with E-state index in [1.54, 1.807) is 20.8 Å². The molecule has 0 radical (unpaired) electrons. The fourth-order valence-corrected chi connectivity index (χ4v) is 3.41. The molecule has 0 saturated heterocycles.